The number of hydrogen-bond acceptors (Lipinski definition) is 2. The van der Waals surface area contributed by atoms with E-state index in [2.05, 4.69) is 28.6 Å². The van der Waals surface area contributed by atoms with E-state index in [1.165, 1.54) is 15.8 Å². The molecule has 17 heavy (non-hydrogen) atoms. The minimum Gasteiger partial charge on any atom is -0.396 e. The second-order valence-corrected chi connectivity index (χ2v) is 4.92. The summed E-state index contributed by atoms with van der Waals surface area (Å²) < 4.78 is 0. The Morgan fingerprint density at radius 1 is 1.12 bits per heavy atom. The highest BCUT2D eigenvalue weighted by Crippen LogP contribution is 2.33. The zero-order chi connectivity index (χ0) is 11.7. The van der Waals surface area contributed by atoms with Gasteiger partial charge in [0.2, 0.25) is 0 Å². The number of aliphatic hydroxyl groups excluding tert-OH is 1. The Balaban J connectivity index is 2.26. The molecule has 0 spiro atoms. The smallest absolute Gasteiger partial charge is 0.0599 e. The highest BCUT2D eigenvalue weighted by molar-refractivity contribution is 7.13. The fourth-order valence-corrected chi connectivity index (χ4v) is 2.96. The van der Waals surface area contributed by atoms with Crippen LogP contribution in [0.4, 0.5) is 0 Å². The zero-order valence-electron chi connectivity index (χ0n) is 9.31. The van der Waals surface area contributed by atoms with E-state index in [1.807, 2.05) is 18.2 Å². The van der Waals surface area contributed by atoms with Gasteiger partial charge in [0.1, 0.15) is 0 Å². The summed E-state index contributed by atoms with van der Waals surface area (Å²) in [6.07, 6.45) is 0.692. The van der Waals surface area contributed by atoms with Crippen LogP contribution < -0.4 is 0 Å². The largest absolute Gasteiger partial charge is 0.396 e. The normalized spacial score (nSPS) is 11.1. The molecule has 0 atom stereocenters. The second-order valence-electron chi connectivity index (χ2n) is 3.98. The van der Waals surface area contributed by atoms with Crippen LogP contribution in [0.15, 0.2) is 41.8 Å². The predicted octanol–water partition coefficient (Wildman–Crippen LogP) is 3.43. The van der Waals surface area contributed by atoms with Crippen LogP contribution in [0.5, 0.6) is 0 Å². The van der Waals surface area contributed by atoms with Crippen molar-refractivity contribution < 1.29 is 5.11 Å². The lowest BCUT2D eigenvalue weighted by Crippen LogP contribution is -1.91. The molecule has 0 saturated heterocycles. The predicted molar refractivity (Wildman–Crippen MR) is 72.4 cm³/mol. The van der Waals surface area contributed by atoms with E-state index >= 15 is 0 Å². The summed E-state index contributed by atoms with van der Waals surface area (Å²) in [5.74, 6) is 0. The van der Waals surface area contributed by atoms with E-state index in [4.69, 9.17) is 0 Å². The van der Waals surface area contributed by atoms with Crippen LogP contribution in [-0.4, -0.2) is 16.7 Å². The summed E-state index contributed by atoms with van der Waals surface area (Å²) in [7, 11) is 0. The number of benzene rings is 1. The summed E-state index contributed by atoms with van der Waals surface area (Å²) in [5, 5.41) is 12.5. The maximum absolute atomic E-state index is 9.21. The Kier molecular flexibility index (Phi) is 2.71. The molecule has 2 N–H and O–H groups in total. The van der Waals surface area contributed by atoms with Gasteiger partial charge < -0.3 is 10.1 Å². The first-order chi connectivity index (χ1) is 8.40. The van der Waals surface area contributed by atoms with Gasteiger partial charge in [-0.1, -0.05) is 24.3 Å². The zero-order valence-corrected chi connectivity index (χ0v) is 10.1. The number of aromatic nitrogens is 1. The van der Waals surface area contributed by atoms with Crippen molar-refractivity contribution in [3.8, 4) is 10.6 Å². The Bertz CT molecular complexity index is 625. The molecule has 0 aliphatic carbocycles. The lowest BCUT2D eigenvalue weighted by atomic mass is 10.1. The van der Waals surface area contributed by atoms with Gasteiger partial charge in [0.15, 0.2) is 0 Å². The van der Waals surface area contributed by atoms with Gasteiger partial charge in [-0.15, -0.1) is 11.3 Å². The summed E-state index contributed by atoms with van der Waals surface area (Å²) in [6.45, 7) is 0.181. The fraction of sp³-hybridized carbons (Fsp3) is 0.143. The number of fused-ring (bicyclic) bond motifs is 1. The van der Waals surface area contributed by atoms with Gasteiger partial charge >= 0.3 is 0 Å². The quantitative estimate of drug-likeness (QED) is 0.726. The molecular weight excluding hydrogens is 230 g/mol. The minimum absolute atomic E-state index is 0.181. The first kappa shape index (κ1) is 10.6. The maximum atomic E-state index is 9.21. The van der Waals surface area contributed by atoms with Crippen molar-refractivity contribution in [1.82, 2.24) is 4.98 Å². The number of aromatic amines is 1. The summed E-state index contributed by atoms with van der Waals surface area (Å²) in [6, 6.07) is 12.4. The Morgan fingerprint density at radius 2 is 2.00 bits per heavy atom. The molecule has 0 aliphatic rings. The highest BCUT2D eigenvalue weighted by atomic mass is 32.1. The van der Waals surface area contributed by atoms with Gasteiger partial charge in [0.25, 0.3) is 0 Å². The molecule has 0 saturated carbocycles. The van der Waals surface area contributed by atoms with Gasteiger partial charge in [0, 0.05) is 17.5 Å². The van der Waals surface area contributed by atoms with E-state index < -0.39 is 0 Å². The van der Waals surface area contributed by atoms with E-state index in [0.29, 0.717) is 6.42 Å². The molecular formula is C14H13NOS. The van der Waals surface area contributed by atoms with E-state index in [-0.39, 0.29) is 6.61 Å². The Morgan fingerprint density at radius 3 is 2.76 bits per heavy atom. The topological polar surface area (TPSA) is 36.0 Å². The van der Waals surface area contributed by atoms with Gasteiger partial charge in [-0.05, 0) is 29.5 Å². The van der Waals surface area contributed by atoms with Crippen LogP contribution in [0, 0.1) is 0 Å². The second kappa shape index (κ2) is 4.35. The third-order valence-electron chi connectivity index (χ3n) is 2.94. The average molecular weight is 243 g/mol. The van der Waals surface area contributed by atoms with Crippen molar-refractivity contribution in [1.29, 1.82) is 0 Å². The van der Waals surface area contributed by atoms with Crippen molar-refractivity contribution in [2.24, 2.45) is 0 Å². The van der Waals surface area contributed by atoms with E-state index in [0.717, 1.165) is 11.2 Å². The minimum atomic E-state index is 0.181. The number of thiophene rings is 1. The van der Waals surface area contributed by atoms with Crippen LogP contribution >= 0.6 is 11.3 Å². The van der Waals surface area contributed by atoms with E-state index in [1.54, 1.807) is 11.3 Å². The third kappa shape index (κ3) is 1.77. The van der Waals surface area contributed by atoms with Gasteiger partial charge in [-0.3, -0.25) is 0 Å². The molecule has 0 fully saturated rings. The number of hydrogen-bond donors (Lipinski definition) is 2. The van der Waals surface area contributed by atoms with Crippen LogP contribution in [0.25, 0.3) is 21.5 Å². The van der Waals surface area contributed by atoms with Crippen LogP contribution in [-0.2, 0) is 6.42 Å². The summed E-state index contributed by atoms with van der Waals surface area (Å²) >= 11 is 1.72. The molecule has 0 radical (unpaired) electrons. The van der Waals surface area contributed by atoms with Crippen molar-refractivity contribution >= 4 is 22.2 Å². The van der Waals surface area contributed by atoms with Crippen LogP contribution in [0.1, 0.15) is 5.56 Å². The van der Waals surface area contributed by atoms with Gasteiger partial charge in [0.05, 0.1) is 10.6 Å². The number of H-pyrrole nitrogens is 1. The SMILES string of the molecule is OCCc1c(-c2cccs2)[nH]c2ccccc12. The van der Waals surface area contributed by atoms with E-state index in [9.17, 15) is 5.11 Å². The number of nitrogens with one attached hydrogen (secondary N) is 1. The Hall–Kier alpha value is -1.58. The Labute approximate surface area is 104 Å². The highest BCUT2D eigenvalue weighted by Gasteiger charge is 2.12. The van der Waals surface area contributed by atoms with Gasteiger partial charge in [-0.2, -0.15) is 0 Å². The third-order valence-corrected chi connectivity index (χ3v) is 3.83. The molecule has 0 unspecified atom stereocenters. The molecule has 2 aromatic heterocycles. The van der Waals surface area contributed by atoms with Crippen molar-refractivity contribution in [2.45, 2.75) is 6.42 Å². The van der Waals surface area contributed by atoms with Gasteiger partial charge in [-0.25, -0.2) is 0 Å². The fourth-order valence-electron chi connectivity index (χ4n) is 2.20. The van der Waals surface area contributed by atoms with Crippen LogP contribution in [0.2, 0.25) is 0 Å². The molecule has 2 nitrogen and oxygen atoms in total. The van der Waals surface area contributed by atoms with Crippen LogP contribution in [0.3, 0.4) is 0 Å². The summed E-state index contributed by atoms with van der Waals surface area (Å²) in [5.41, 5.74) is 3.50. The molecule has 3 heteroatoms. The summed E-state index contributed by atoms with van der Waals surface area (Å²) in [4.78, 5) is 4.68. The average Bonchev–Trinajstić information content (AvgIpc) is 2.97. The molecule has 0 aliphatic heterocycles. The maximum Gasteiger partial charge on any atom is 0.0599 e. The number of para-hydroxylation sites is 1. The van der Waals surface area contributed by atoms with Crippen molar-refractivity contribution in [3.05, 3.63) is 47.3 Å². The number of aliphatic hydroxyl groups is 1. The molecule has 3 aromatic rings. The van der Waals surface area contributed by atoms with Crippen molar-refractivity contribution in [2.75, 3.05) is 6.61 Å². The lowest BCUT2D eigenvalue weighted by molar-refractivity contribution is 0.300. The standard InChI is InChI=1S/C14H13NOS/c16-8-7-11-10-4-1-2-5-12(10)15-14(11)13-6-3-9-17-13/h1-6,9,15-16H,7-8H2. The molecule has 0 bridgehead atoms. The van der Waals surface area contributed by atoms with Crippen molar-refractivity contribution in [3.63, 3.8) is 0 Å². The molecule has 2 heterocycles. The monoisotopic (exact) mass is 243 g/mol. The number of rotatable bonds is 3. The first-order valence-electron chi connectivity index (χ1n) is 5.64. The molecule has 3 rings (SSSR count). The lowest BCUT2D eigenvalue weighted by Gasteiger charge is -2.00. The molecule has 1 aromatic carbocycles. The molecule has 0 amide bonds. The first-order valence-corrected chi connectivity index (χ1v) is 6.52. The molecule has 86 valence electrons.